The van der Waals surface area contributed by atoms with Gasteiger partial charge < -0.3 is 25.0 Å². The first-order valence-corrected chi connectivity index (χ1v) is 12.2. The smallest absolute Gasteiger partial charge is 0.271 e. The molecular weight excluding hydrogens is 462 g/mol. The Kier molecular flexibility index (Phi) is 5.82. The number of aliphatic hydroxyl groups is 1. The van der Waals surface area contributed by atoms with Gasteiger partial charge in [-0.1, -0.05) is 13.3 Å². The highest BCUT2D eigenvalue weighted by Crippen LogP contribution is 2.42. The number of tetrazole rings is 1. The van der Waals surface area contributed by atoms with E-state index in [0.717, 1.165) is 40.8 Å². The number of rotatable bonds is 6. The average Bonchev–Trinajstić information content (AvgIpc) is 3.54. The van der Waals surface area contributed by atoms with E-state index >= 15 is 0 Å². The third-order valence-corrected chi connectivity index (χ3v) is 7.53. The molecule has 11 nitrogen and oxygen atoms in total. The lowest BCUT2D eigenvalue weighted by Gasteiger charge is -2.34. The number of hydrogen-bond donors (Lipinski definition) is 2. The maximum atomic E-state index is 13.8. The number of methoxy groups -OCH3 is 1. The van der Waals surface area contributed by atoms with Gasteiger partial charge in [0.15, 0.2) is 0 Å². The second-order valence-corrected chi connectivity index (χ2v) is 9.64. The molecule has 36 heavy (non-hydrogen) atoms. The highest BCUT2D eigenvalue weighted by Gasteiger charge is 2.52. The molecule has 2 amide bonds. The van der Waals surface area contributed by atoms with Crippen LogP contribution in [0.2, 0.25) is 0 Å². The maximum absolute atomic E-state index is 13.8. The summed E-state index contributed by atoms with van der Waals surface area (Å²) in [4.78, 5) is 29.0. The first kappa shape index (κ1) is 24.0. The summed E-state index contributed by atoms with van der Waals surface area (Å²) in [6, 6.07) is 5.94. The number of amides is 2. The Hall–Kier alpha value is -3.73. The number of nitrogens with zero attached hydrogens (tertiary/aromatic N) is 6. The summed E-state index contributed by atoms with van der Waals surface area (Å²) in [6.45, 7) is 4.50. The number of likely N-dealkylation sites (tertiary alicyclic amines) is 1. The van der Waals surface area contributed by atoms with Crippen LogP contribution < -0.4 is 10.5 Å². The number of carbonyl (C=O) groups excluding carboxylic acids is 2. The van der Waals surface area contributed by atoms with Crippen molar-refractivity contribution in [3.05, 3.63) is 35.0 Å². The van der Waals surface area contributed by atoms with E-state index in [-0.39, 0.29) is 12.5 Å². The molecule has 1 fully saturated rings. The number of hydrogen-bond acceptors (Lipinski definition) is 7. The van der Waals surface area contributed by atoms with Crippen LogP contribution in [0.3, 0.4) is 0 Å². The van der Waals surface area contributed by atoms with E-state index < -0.39 is 17.6 Å². The van der Waals surface area contributed by atoms with Gasteiger partial charge in [-0.05, 0) is 60.7 Å². The Bertz CT molecular complexity index is 1360. The van der Waals surface area contributed by atoms with Gasteiger partial charge in [0.05, 0.1) is 31.5 Å². The number of fused-ring (bicyclic) bond motifs is 3. The van der Waals surface area contributed by atoms with Crippen LogP contribution in [0.4, 0.5) is 0 Å². The molecule has 3 aromatic rings. The zero-order chi connectivity index (χ0) is 25.8. The molecule has 5 rings (SSSR count). The van der Waals surface area contributed by atoms with Crippen molar-refractivity contribution < 1.29 is 19.4 Å². The molecule has 4 heterocycles. The van der Waals surface area contributed by atoms with Crippen molar-refractivity contribution in [1.29, 1.82) is 0 Å². The summed E-state index contributed by atoms with van der Waals surface area (Å²) in [5, 5.41) is 23.0. The third kappa shape index (κ3) is 3.48. The molecule has 1 aromatic carbocycles. The van der Waals surface area contributed by atoms with Crippen LogP contribution in [0.25, 0.3) is 22.6 Å². The minimum Gasteiger partial charge on any atom is -0.496 e. The molecule has 2 aliphatic heterocycles. The molecule has 1 saturated heterocycles. The molecule has 2 atom stereocenters. The van der Waals surface area contributed by atoms with Crippen LogP contribution in [0, 0.1) is 0 Å². The van der Waals surface area contributed by atoms with Gasteiger partial charge in [-0.15, -0.1) is 10.2 Å². The van der Waals surface area contributed by atoms with Crippen LogP contribution in [0.5, 0.6) is 5.75 Å². The van der Waals surface area contributed by atoms with Crippen molar-refractivity contribution in [3.8, 4) is 28.4 Å². The van der Waals surface area contributed by atoms with Crippen LogP contribution in [-0.4, -0.2) is 71.9 Å². The fourth-order valence-electron chi connectivity index (χ4n) is 5.50. The van der Waals surface area contributed by atoms with Gasteiger partial charge in [0.2, 0.25) is 11.7 Å². The Balaban J connectivity index is 1.66. The van der Waals surface area contributed by atoms with Crippen molar-refractivity contribution in [2.45, 2.75) is 57.7 Å². The molecule has 11 heteroatoms. The minimum absolute atomic E-state index is 0.263. The predicted molar refractivity (Wildman–Crippen MR) is 131 cm³/mol. The van der Waals surface area contributed by atoms with Crippen molar-refractivity contribution in [2.24, 2.45) is 12.8 Å². The topological polar surface area (TPSA) is 141 Å². The average molecular weight is 494 g/mol. The summed E-state index contributed by atoms with van der Waals surface area (Å²) >= 11 is 0. The summed E-state index contributed by atoms with van der Waals surface area (Å²) in [5.41, 5.74) is 9.54. The Morgan fingerprint density at radius 1 is 1.25 bits per heavy atom. The standard InChI is InChI=1S/C25H31N7O4/c1-5-6-15-11-18(23(34)32-10-8-20(33)25(32,2)24(26)35)31-9-7-14-12-19(36-4)17(13-16(14)21(15)31)22-27-29-30(3)28-22/h11-13,20,33H,5-10H2,1-4H3,(H2,26,35). The number of ether oxygens (including phenoxy) is 1. The molecular formula is C25H31N7O4. The van der Waals surface area contributed by atoms with Crippen LogP contribution in [-0.2, 0) is 31.2 Å². The van der Waals surface area contributed by atoms with E-state index in [1.165, 1.54) is 9.70 Å². The lowest BCUT2D eigenvalue weighted by Crippen LogP contribution is -2.59. The van der Waals surface area contributed by atoms with Gasteiger partial charge in [0, 0.05) is 18.7 Å². The first-order chi connectivity index (χ1) is 17.2. The zero-order valence-electron chi connectivity index (χ0n) is 21.0. The van der Waals surface area contributed by atoms with E-state index in [2.05, 4.69) is 22.3 Å². The number of benzene rings is 1. The van der Waals surface area contributed by atoms with Crippen molar-refractivity contribution in [1.82, 2.24) is 29.7 Å². The van der Waals surface area contributed by atoms with Gasteiger partial charge >= 0.3 is 0 Å². The quantitative estimate of drug-likeness (QED) is 0.527. The molecule has 190 valence electrons. The fourth-order valence-corrected chi connectivity index (χ4v) is 5.50. The van der Waals surface area contributed by atoms with E-state index in [1.807, 2.05) is 22.8 Å². The van der Waals surface area contributed by atoms with Gasteiger partial charge in [0.25, 0.3) is 5.91 Å². The first-order valence-electron chi connectivity index (χ1n) is 12.2. The van der Waals surface area contributed by atoms with Crippen LogP contribution >= 0.6 is 0 Å². The van der Waals surface area contributed by atoms with E-state index in [1.54, 1.807) is 21.1 Å². The second kappa shape index (κ2) is 8.74. The molecule has 3 N–H and O–H groups in total. The van der Waals surface area contributed by atoms with Crippen LogP contribution in [0.1, 0.15) is 48.3 Å². The number of aryl methyl sites for hydroxylation is 3. The molecule has 0 saturated carbocycles. The Morgan fingerprint density at radius 2 is 2.03 bits per heavy atom. The molecule has 0 spiro atoms. The van der Waals surface area contributed by atoms with E-state index in [0.29, 0.717) is 36.7 Å². The van der Waals surface area contributed by atoms with Crippen LogP contribution in [0.15, 0.2) is 18.2 Å². The summed E-state index contributed by atoms with van der Waals surface area (Å²) in [5.74, 6) is 0.110. The number of nitrogens with two attached hydrogens (primary N) is 1. The molecule has 2 aliphatic rings. The number of aromatic nitrogens is 5. The monoisotopic (exact) mass is 493 g/mol. The number of primary amides is 1. The minimum atomic E-state index is -1.45. The summed E-state index contributed by atoms with van der Waals surface area (Å²) < 4.78 is 7.68. The lowest BCUT2D eigenvalue weighted by atomic mass is 9.92. The number of carbonyl (C=O) groups is 2. The van der Waals surface area contributed by atoms with Gasteiger partial charge in [-0.3, -0.25) is 9.59 Å². The third-order valence-electron chi connectivity index (χ3n) is 7.53. The van der Waals surface area contributed by atoms with Crippen molar-refractivity contribution in [2.75, 3.05) is 13.7 Å². The fraction of sp³-hybridized carbons (Fsp3) is 0.480. The van der Waals surface area contributed by atoms with Gasteiger partial charge in [-0.2, -0.15) is 4.80 Å². The summed E-state index contributed by atoms with van der Waals surface area (Å²) in [6.07, 6.45) is 1.68. The highest BCUT2D eigenvalue weighted by molar-refractivity contribution is 6.00. The largest absolute Gasteiger partial charge is 0.496 e. The number of aliphatic hydroxyl groups excluding tert-OH is 1. The molecule has 2 unspecified atom stereocenters. The van der Waals surface area contributed by atoms with Crippen molar-refractivity contribution >= 4 is 11.8 Å². The Morgan fingerprint density at radius 3 is 2.67 bits per heavy atom. The summed E-state index contributed by atoms with van der Waals surface area (Å²) in [7, 11) is 3.32. The molecule has 0 radical (unpaired) electrons. The van der Waals surface area contributed by atoms with E-state index in [9.17, 15) is 14.7 Å². The van der Waals surface area contributed by atoms with Crippen molar-refractivity contribution in [3.63, 3.8) is 0 Å². The van der Waals surface area contributed by atoms with E-state index in [4.69, 9.17) is 10.5 Å². The lowest BCUT2D eigenvalue weighted by molar-refractivity contribution is -0.130. The Labute approximate surface area is 208 Å². The maximum Gasteiger partial charge on any atom is 0.271 e. The highest BCUT2D eigenvalue weighted by atomic mass is 16.5. The molecule has 0 bridgehead atoms. The van der Waals surface area contributed by atoms with Gasteiger partial charge in [0.1, 0.15) is 17.0 Å². The SMILES string of the molecule is CCCc1cc(C(=O)N2CCC(O)C2(C)C(N)=O)n2c1-c1cc(-c3nnn(C)n3)c(OC)cc1CC2. The molecule has 2 aromatic heterocycles. The second-order valence-electron chi connectivity index (χ2n) is 9.64. The van der Waals surface area contributed by atoms with Gasteiger partial charge in [-0.25, -0.2) is 0 Å². The molecule has 0 aliphatic carbocycles. The normalized spacial score (nSPS) is 20.8. The predicted octanol–water partition coefficient (Wildman–Crippen LogP) is 1.31. The zero-order valence-corrected chi connectivity index (χ0v) is 21.0.